The van der Waals surface area contributed by atoms with Crippen LogP contribution in [-0.2, 0) is 0 Å². The number of hydrogen-bond acceptors (Lipinski definition) is 4. The number of rotatable bonds is 5. The van der Waals surface area contributed by atoms with E-state index in [4.69, 9.17) is 4.74 Å². The maximum atomic E-state index is 12.4. The molecule has 138 valence electrons. The zero-order valence-corrected chi connectivity index (χ0v) is 14.4. The molecule has 0 saturated heterocycles. The molecule has 1 N–H and O–H groups in total. The molecule has 1 amide bonds. The fraction of sp³-hybridized carbons (Fsp3) is 0.0526. The number of carbonyl (C=O) groups excluding carboxylic acids is 2. The van der Waals surface area contributed by atoms with Gasteiger partial charge in [0.05, 0.1) is 9.75 Å². The largest absolute Gasteiger partial charge is 0.457 e. The lowest BCUT2D eigenvalue weighted by atomic mass is 10.3. The molecule has 0 bridgehead atoms. The van der Waals surface area contributed by atoms with Gasteiger partial charge in [-0.25, -0.2) is 0 Å². The Morgan fingerprint density at radius 3 is 2.04 bits per heavy atom. The fourth-order valence-electron chi connectivity index (χ4n) is 2.15. The van der Waals surface area contributed by atoms with Gasteiger partial charge in [0.25, 0.3) is 11.7 Å². The number of nitrogens with one attached hydrogen (secondary N) is 1. The Labute approximate surface area is 156 Å². The molecule has 0 aliphatic heterocycles. The van der Waals surface area contributed by atoms with Gasteiger partial charge in [-0.2, -0.15) is 13.2 Å². The van der Waals surface area contributed by atoms with Crippen molar-refractivity contribution < 1.29 is 27.5 Å². The van der Waals surface area contributed by atoms with Gasteiger partial charge in [-0.15, -0.1) is 11.3 Å². The minimum Gasteiger partial charge on any atom is -0.457 e. The van der Waals surface area contributed by atoms with Crippen LogP contribution in [0.25, 0.3) is 0 Å². The highest BCUT2D eigenvalue weighted by atomic mass is 32.1. The molecule has 27 heavy (non-hydrogen) atoms. The van der Waals surface area contributed by atoms with Crippen LogP contribution in [0.3, 0.4) is 0 Å². The summed E-state index contributed by atoms with van der Waals surface area (Å²) in [5.74, 6) is -1.34. The number of amides is 1. The first kappa shape index (κ1) is 18.7. The molecule has 0 spiro atoms. The van der Waals surface area contributed by atoms with Crippen LogP contribution >= 0.6 is 11.3 Å². The first-order chi connectivity index (χ1) is 12.8. The first-order valence-electron chi connectivity index (χ1n) is 7.68. The van der Waals surface area contributed by atoms with Crippen molar-refractivity contribution >= 4 is 28.7 Å². The third kappa shape index (κ3) is 4.73. The highest BCUT2D eigenvalue weighted by molar-refractivity contribution is 7.16. The van der Waals surface area contributed by atoms with Gasteiger partial charge in [-0.1, -0.05) is 18.2 Å². The van der Waals surface area contributed by atoms with E-state index in [1.54, 1.807) is 36.4 Å². The SMILES string of the molecule is O=C(Nc1ccc(Oc2ccccc2)cc1)c1ccc(C(=O)C(F)(F)F)s1. The molecule has 0 atom stereocenters. The van der Waals surface area contributed by atoms with Crippen LogP contribution in [0.4, 0.5) is 18.9 Å². The minimum atomic E-state index is -4.97. The average Bonchev–Trinajstić information content (AvgIpc) is 3.13. The zero-order valence-electron chi connectivity index (χ0n) is 13.6. The Bertz CT molecular complexity index is 950. The third-order valence-corrected chi connectivity index (χ3v) is 4.48. The second-order valence-corrected chi connectivity index (χ2v) is 6.47. The Hall–Kier alpha value is -3.13. The quantitative estimate of drug-likeness (QED) is 0.581. The van der Waals surface area contributed by atoms with Crippen molar-refractivity contribution in [3.8, 4) is 11.5 Å². The molecule has 4 nitrogen and oxygen atoms in total. The second kappa shape index (κ2) is 7.63. The molecule has 0 radical (unpaired) electrons. The predicted octanol–water partition coefficient (Wildman–Crippen LogP) is 5.54. The number of carbonyl (C=O) groups is 2. The summed E-state index contributed by atoms with van der Waals surface area (Å²) in [5.41, 5.74) is 0.442. The van der Waals surface area contributed by atoms with E-state index in [1.165, 1.54) is 6.07 Å². The molecule has 1 aromatic heterocycles. The van der Waals surface area contributed by atoms with Gasteiger partial charge in [0.15, 0.2) is 0 Å². The molecule has 0 aliphatic rings. The Kier molecular flexibility index (Phi) is 5.27. The lowest BCUT2D eigenvalue weighted by molar-refractivity contribution is -0.0882. The van der Waals surface area contributed by atoms with E-state index in [2.05, 4.69) is 5.32 Å². The number of benzene rings is 2. The van der Waals surface area contributed by atoms with Gasteiger partial charge in [0, 0.05) is 5.69 Å². The lowest BCUT2D eigenvalue weighted by Gasteiger charge is -2.07. The van der Waals surface area contributed by atoms with Crippen molar-refractivity contribution in [2.45, 2.75) is 6.18 Å². The highest BCUT2D eigenvalue weighted by Crippen LogP contribution is 2.27. The van der Waals surface area contributed by atoms with Crippen LogP contribution in [0.15, 0.2) is 66.7 Å². The van der Waals surface area contributed by atoms with Gasteiger partial charge in [-0.05, 0) is 48.5 Å². The number of halogens is 3. The summed E-state index contributed by atoms with van der Waals surface area (Å²) in [7, 11) is 0. The number of para-hydroxylation sites is 1. The summed E-state index contributed by atoms with van der Waals surface area (Å²) in [6.07, 6.45) is -4.97. The Morgan fingerprint density at radius 2 is 1.41 bits per heavy atom. The maximum absolute atomic E-state index is 12.4. The number of hydrogen-bond donors (Lipinski definition) is 1. The van der Waals surface area contributed by atoms with Gasteiger partial charge in [0.1, 0.15) is 11.5 Å². The zero-order chi connectivity index (χ0) is 19.4. The third-order valence-electron chi connectivity index (χ3n) is 3.40. The number of thiophene rings is 1. The van der Waals surface area contributed by atoms with Crippen LogP contribution in [0, 0.1) is 0 Å². The standard InChI is InChI=1S/C19H12F3NO3S/c20-19(21,22)17(24)15-10-11-16(27-15)18(25)23-12-6-8-14(9-7-12)26-13-4-2-1-3-5-13/h1-11H,(H,23,25). The summed E-state index contributed by atoms with van der Waals surface area (Å²) in [6, 6.07) is 17.8. The van der Waals surface area contributed by atoms with Crippen molar-refractivity contribution in [2.75, 3.05) is 5.32 Å². The van der Waals surface area contributed by atoms with Crippen molar-refractivity contribution in [1.29, 1.82) is 0 Å². The number of ether oxygens (including phenoxy) is 1. The van der Waals surface area contributed by atoms with Crippen LogP contribution in [-0.4, -0.2) is 17.9 Å². The van der Waals surface area contributed by atoms with Crippen LogP contribution in [0.1, 0.15) is 19.3 Å². The summed E-state index contributed by atoms with van der Waals surface area (Å²) in [6.45, 7) is 0. The topological polar surface area (TPSA) is 55.4 Å². The molecule has 3 aromatic rings. The van der Waals surface area contributed by atoms with Crippen LogP contribution in [0.5, 0.6) is 11.5 Å². The number of alkyl halides is 3. The summed E-state index contributed by atoms with van der Waals surface area (Å²) >= 11 is 0.494. The van der Waals surface area contributed by atoms with E-state index in [9.17, 15) is 22.8 Å². The van der Waals surface area contributed by atoms with Gasteiger partial charge < -0.3 is 10.1 Å². The summed E-state index contributed by atoms with van der Waals surface area (Å²) in [5, 5.41) is 2.56. The first-order valence-corrected chi connectivity index (χ1v) is 8.50. The summed E-state index contributed by atoms with van der Waals surface area (Å²) in [4.78, 5) is 22.8. The molecular formula is C19H12F3NO3S. The number of Topliss-reactive ketones (excluding diaryl/α,β-unsaturated/α-hetero) is 1. The van der Waals surface area contributed by atoms with Crippen molar-refractivity contribution in [3.05, 3.63) is 76.5 Å². The molecule has 0 fully saturated rings. The highest BCUT2D eigenvalue weighted by Gasteiger charge is 2.40. The van der Waals surface area contributed by atoms with E-state index in [0.29, 0.717) is 28.5 Å². The molecular weight excluding hydrogens is 379 g/mol. The van der Waals surface area contributed by atoms with Gasteiger partial charge >= 0.3 is 6.18 Å². The molecule has 3 rings (SSSR count). The second-order valence-electron chi connectivity index (χ2n) is 5.38. The molecule has 2 aromatic carbocycles. The van der Waals surface area contributed by atoms with E-state index in [0.717, 1.165) is 6.07 Å². The smallest absolute Gasteiger partial charge is 0.455 e. The van der Waals surface area contributed by atoms with Crippen LogP contribution < -0.4 is 10.1 Å². The maximum Gasteiger partial charge on any atom is 0.455 e. The lowest BCUT2D eigenvalue weighted by Crippen LogP contribution is -2.21. The van der Waals surface area contributed by atoms with E-state index in [1.807, 2.05) is 18.2 Å². The fourth-order valence-corrected chi connectivity index (χ4v) is 3.01. The average molecular weight is 391 g/mol. The number of anilines is 1. The van der Waals surface area contributed by atoms with Crippen LogP contribution in [0.2, 0.25) is 0 Å². The molecule has 8 heteroatoms. The minimum absolute atomic E-state index is 0.00668. The van der Waals surface area contributed by atoms with E-state index in [-0.39, 0.29) is 4.88 Å². The molecule has 0 aliphatic carbocycles. The molecule has 0 unspecified atom stereocenters. The monoisotopic (exact) mass is 391 g/mol. The predicted molar refractivity (Wildman–Crippen MR) is 95.6 cm³/mol. The van der Waals surface area contributed by atoms with Crippen molar-refractivity contribution in [2.24, 2.45) is 0 Å². The van der Waals surface area contributed by atoms with E-state index >= 15 is 0 Å². The molecule has 1 heterocycles. The summed E-state index contributed by atoms with van der Waals surface area (Å²) < 4.78 is 42.9. The van der Waals surface area contributed by atoms with Gasteiger partial charge in [-0.3, -0.25) is 9.59 Å². The van der Waals surface area contributed by atoms with Crippen molar-refractivity contribution in [3.63, 3.8) is 0 Å². The molecule has 0 saturated carbocycles. The van der Waals surface area contributed by atoms with Crippen molar-refractivity contribution in [1.82, 2.24) is 0 Å². The van der Waals surface area contributed by atoms with E-state index < -0.39 is 22.7 Å². The normalized spacial score (nSPS) is 11.1. The van der Waals surface area contributed by atoms with Gasteiger partial charge in [0.2, 0.25) is 0 Å². The Morgan fingerprint density at radius 1 is 0.815 bits per heavy atom. The number of ketones is 1. The Balaban J connectivity index is 1.64.